The van der Waals surface area contributed by atoms with Crippen LogP contribution in [0, 0.1) is 4.84 Å². The van der Waals surface area contributed by atoms with E-state index in [0.717, 1.165) is 17.0 Å². The molecule has 19 heavy (non-hydrogen) atoms. The van der Waals surface area contributed by atoms with Crippen molar-refractivity contribution in [1.82, 2.24) is 10.1 Å². The first-order chi connectivity index (χ1) is 9.34. The van der Waals surface area contributed by atoms with E-state index in [1.165, 1.54) is 0 Å². The molecule has 0 fully saturated rings. The van der Waals surface area contributed by atoms with Gasteiger partial charge in [0, 0.05) is 0 Å². The molecular weight excluding hydrogens is 256 g/mol. The van der Waals surface area contributed by atoms with Gasteiger partial charge in [-0.1, -0.05) is 60.7 Å². The summed E-state index contributed by atoms with van der Waals surface area (Å²) in [6, 6.07) is 20.3. The number of benzene rings is 2. The summed E-state index contributed by atoms with van der Waals surface area (Å²) >= 11 is 4.94. The lowest BCUT2D eigenvalue weighted by Crippen LogP contribution is -2.05. The van der Waals surface area contributed by atoms with Gasteiger partial charge in [0.1, 0.15) is 0 Å². The molecule has 4 heteroatoms. The van der Waals surface area contributed by atoms with Crippen LogP contribution < -0.4 is 0 Å². The number of hydrogen-bond donors (Lipinski definition) is 1. The van der Waals surface area contributed by atoms with E-state index in [0.29, 0.717) is 0 Å². The average Bonchev–Trinajstić information content (AvgIpc) is 2.88. The predicted molar refractivity (Wildman–Crippen MR) is 75.5 cm³/mol. The van der Waals surface area contributed by atoms with E-state index >= 15 is 0 Å². The van der Waals surface area contributed by atoms with Crippen molar-refractivity contribution in [3.05, 3.63) is 82.5 Å². The van der Waals surface area contributed by atoms with Crippen molar-refractivity contribution in [3.63, 3.8) is 0 Å². The molecule has 0 unspecified atom stereocenters. The Labute approximate surface area is 115 Å². The van der Waals surface area contributed by atoms with Crippen LogP contribution in [0.15, 0.2) is 65.2 Å². The zero-order chi connectivity index (χ0) is 13.1. The Morgan fingerprint density at radius 3 is 1.84 bits per heavy atom. The Morgan fingerprint density at radius 2 is 1.42 bits per heavy atom. The zero-order valence-electron chi connectivity index (χ0n) is 10.1. The number of rotatable bonds is 3. The van der Waals surface area contributed by atoms with Crippen molar-refractivity contribution in [2.75, 3.05) is 0 Å². The van der Waals surface area contributed by atoms with Crippen molar-refractivity contribution in [2.24, 2.45) is 0 Å². The van der Waals surface area contributed by atoms with Gasteiger partial charge in [-0.3, -0.25) is 0 Å². The van der Waals surface area contributed by atoms with Gasteiger partial charge < -0.3 is 4.52 Å². The molecule has 0 aliphatic heterocycles. The average molecular weight is 268 g/mol. The summed E-state index contributed by atoms with van der Waals surface area (Å²) in [5, 5.41) is 2.81. The molecule has 2 aromatic carbocycles. The fourth-order valence-electron chi connectivity index (χ4n) is 2.16. The predicted octanol–water partition coefficient (Wildman–Crippen LogP) is 3.91. The number of aromatic nitrogens is 2. The Kier molecular flexibility index (Phi) is 3.25. The minimum Gasteiger partial charge on any atom is -0.348 e. The fourth-order valence-corrected chi connectivity index (χ4v) is 2.30. The van der Waals surface area contributed by atoms with Gasteiger partial charge in [0.25, 0.3) is 0 Å². The van der Waals surface area contributed by atoms with Gasteiger partial charge >= 0.3 is 4.84 Å². The summed E-state index contributed by atoms with van der Waals surface area (Å²) in [5.41, 5.74) is 2.29. The number of nitrogens with zero attached hydrogens (tertiary/aromatic N) is 1. The fraction of sp³-hybridized carbons (Fsp3) is 0.0667. The number of nitrogens with one attached hydrogen (secondary N) is 1. The molecule has 3 rings (SSSR count). The van der Waals surface area contributed by atoms with E-state index in [2.05, 4.69) is 34.4 Å². The zero-order valence-corrected chi connectivity index (χ0v) is 10.9. The van der Waals surface area contributed by atoms with Crippen LogP contribution in [0.4, 0.5) is 0 Å². The summed E-state index contributed by atoms with van der Waals surface area (Å²) in [5.74, 6) is 0.727. The lowest BCUT2D eigenvalue weighted by Gasteiger charge is -2.14. The van der Waals surface area contributed by atoms with Crippen LogP contribution in [-0.2, 0) is 0 Å². The van der Waals surface area contributed by atoms with E-state index in [9.17, 15) is 0 Å². The highest BCUT2D eigenvalue weighted by molar-refractivity contribution is 7.71. The quantitative estimate of drug-likeness (QED) is 0.732. The lowest BCUT2D eigenvalue weighted by molar-refractivity contribution is 0.397. The maximum atomic E-state index is 5.07. The Bertz CT molecular complexity index is 664. The van der Waals surface area contributed by atoms with Gasteiger partial charge in [0.15, 0.2) is 5.82 Å². The first kappa shape index (κ1) is 11.9. The monoisotopic (exact) mass is 268 g/mol. The Balaban J connectivity index is 2.14. The molecule has 1 aromatic heterocycles. The second-order valence-corrected chi connectivity index (χ2v) is 4.57. The van der Waals surface area contributed by atoms with Crippen molar-refractivity contribution < 1.29 is 4.52 Å². The minimum absolute atomic E-state index is 0.00264. The molecule has 94 valence electrons. The molecule has 3 aromatic rings. The Morgan fingerprint density at radius 1 is 0.895 bits per heavy atom. The van der Waals surface area contributed by atoms with E-state index in [1.54, 1.807) is 0 Å². The van der Waals surface area contributed by atoms with Crippen LogP contribution in [0.25, 0.3) is 0 Å². The molecular formula is C15H12N2OS. The van der Waals surface area contributed by atoms with Gasteiger partial charge in [-0.25, -0.2) is 5.16 Å². The van der Waals surface area contributed by atoms with Crippen molar-refractivity contribution in [3.8, 4) is 0 Å². The first-order valence-electron chi connectivity index (χ1n) is 6.00. The van der Waals surface area contributed by atoms with Gasteiger partial charge in [-0.15, -0.1) is 0 Å². The molecule has 3 nitrogen and oxygen atoms in total. The van der Waals surface area contributed by atoms with Crippen LogP contribution in [0.1, 0.15) is 22.9 Å². The molecule has 0 aliphatic carbocycles. The smallest absolute Gasteiger partial charge is 0.314 e. The second kappa shape index (κ2) is 5.20. The van der Waals surface area contributed by atoms with Crippen LogP contribution in [-0.4, -0.2) is 10.1 Å². The number of hydrogen-bond acceptors (Lipinski definition) is 3. The molecule has 1 N–H and O–H groups in total. The van der Waals surface area contributed by atoms with Crippen molar-refractivity contribution >= 4 is 12.2 Å². The third-order valence-electron chi connectivity index (χ3n) is 2.99. The van der Waals surface area contributed by atoms with E-state index in [-0.39, 0.29) is 10.8 Å². The molecule has 0 aliphatic rings. The van der Waals surface area contributed by atoms with Crippen LogP contribution in [0.5, 0.6) is 0 Å². The summed E-state index contributed by atoms with van der Waals surface area (Å²) in [6.45, 7) is 0. The SMILES string of the molecule is S=c1nc(C(c2ccccc2)c2ccccc2)[nH]o1. The maximum absolute atomic E-state index is 5.07. The standard InChI is InChI=1S/C15H12N2OS/c19-15-16-14(17-18-15)13(11-7-3-1-4-8-11)12-9-5-2-6-10-12/h1-10,13H,(H,16,17,19). The van der Waals surface area contributed by atoms with Crippen LogP contribution >= 0.6 is 12.2 Å². The highest BCUT2D eigenvalue weighted by Gasteiger charge is 2.19. The molecule has 0 amide bonds. The van der Waals surface area contributed by atoms with Gasteiger partial charge in [0.05, 0.1) is 5.92 Å². The van der Waals surface area contributed by atoms with E-state index < -0.39 is 0 Å². The summed E-state index contributed by atoms with van der Waals surface area (Å²) in [7, 11) is 0. The first-order valence-corrected chi connectivity index (χ1v) is 6.41. The summed E-state index contributed by atoms with van der Waals surface area (Å²) in [4.78, 5) is 4.48. The molecule has 1 heterocycles. The highest BCUT2D eigenvalue weighted by atomic mass is 32.1. The second-order valence-electron chi connectivity index (χ2n) is 4.22. The maximum Gasteiger partial charge on any atom is 0.314 e. The normalized spacial score (nSPS) is 10.8. The minimum atomic E-state index is 0.00264. The van der Waals surface area contributed by atoms with Crippen molar-refractivity contribution in [1.29, 1.82) is 0 Å². The molecule has 0 bridgehead atoms. The van der Waals surface area contributed by atoms with Gasteiger partial charge in [-0.05, 0) is 23.3 Å². The number of H-pyrrole nitrogens is 1. The molecule has 0 saturated heterocycles. The third-order valence-corrected chi connectivity index (χ3v) is 3.17. The third kappa shape index (κ3) is 2.48. The van der Waals surface area contributed by atoms with Crippen molar-refractivity contribution in [2.45, 2.75) is 5.92 Å². The summed E-state index contributed by atoms with van der Waals surface area (Å²) in [6.07, 6.45) is 0. The van der Waals surface area contributed by atoms with Crippen LogP contribution in [0.2, 0.25) is 0 Å². The molecule has 0 atom stereocenters. The topological polar surface area (TPSA) is 41.8 Å². The van der Waals surface area contributed by atoms with E-state index in [4.69, 9.17) is 16.7 Å². The largest absolute Gasteiger partial charge is 0.348 e. The Hall–Kier alpha value is -2.20. The molecule has 0 spiro atoms. The number of aromatic amines is 1. The van der Waals surface area contributed by atoms with Gasteiger partial charge in [0.2, 0.25) is 0 Å². The highest BCUT2D eigenvalue weighted by Crippen LogP contribution is 2.29. The van der Waals surface area contributed by atoms with Gasteiger partial charge in [-0.2, -0.15) is 4.98 Å². The van der Waals surface area contributed by atoms with Crippen LogP contribution in [0.3, 0.4) is 0 Å². The summed E-state index contributed by atoms with van der Waals surface area (Å²) < 4.78 is 5.07. The lowest BCUT2D eigenvalue weighted by atomic mass is 9.91. The molecule has 0 saturated carbocycles. The van der Waals surface area contributed by atoms with E-state index in [1.807, 2.05) is 36.4 Å². The molecule has 0 radical (unpaired) electrons.